The third-order valence-corrected chi connectivity index (χ3v) is 10.6. The van der Waals surface area contributed by atoms with Crippen LogP contribution in [0.25, 0.3) is 23.3 Å². The second-order valence-corrected chi connectivity index (χ2v) is 14.7. The SMILES string of the molecule is Cc1cc(C)c(N(c2ccc(/C=C(\c3ccccc3)c3ccc(C)c(C)c3)cc2)c2ccc(/C=C(\c3ccccc3)c3ccc(C)c(C)c3)cc2)c(C)c1. The second-order valence-electron chi connectivity index (χ2n) is 14.7. The Labute approximate surface area is 322 Å². The highest BCUT2D eigenvalue weighted by atomic mass is 15.1. The predicted molar refractivity (Wildman–Crippen MR) is 234 cm³/mol. The van der Waals surface area contributed by atoms with E-state index in [1.165, 1.54) is 78.0 Å². The van der Waals surface area contributed by atoms with E-state index in [2.05, 4.69) is 223 Å². The maximum Gasteiger partial charge on any atom is 0.0520 e. The van der Waals surface area contributed by atoms with Crippen LogP contribution in [-0.2, 0) is 0 Å². The smallest absolute Gasteiger partial charge is 0.0520 e. The zero-order valence-electron chi connectivity index (χ0n) is 32.6. The molecule has 0 aromatic heterocycles. The molecule has 0 radical (unpaired) electrons. The molecule has 0 unspecified atom stereocenters. The van der Waals surface area contributed by atoms with Gasteiger partial charge in [0.25, 0.3) is 0 Å². The molecule has 0 aliphatic carbocycles. The van der Waals surface area contributed by atoms with Crippen LogP contribution in [0.3, 0.4) is 0 Å². The van der Waals surface area contributed by atoms with Crippen molar-refractivity contribution in [3.8, 4) is 0 Å². The molecule has 266 valence electrons. The number of hydrogen-bond donors (Lipinski definition) is 0. The number of nitrogens with zero attached hydrogens (tertiary/aromatic N) is 1. The minimum atomic E-state index is 1.12. The molecule has 7 aromatic rings. The normalized spacial score (nSPS) is 11.8. The summed E-state index contributed by atoms with van der Waals surface area (Å²) >= 11 is 0. The Bertz CT molecular complexity index is 2290. The van der Waals surface area contributed by atoms with Gasteiger partial charge in [-0.2, -0.15) is 0 Å². The summed E-state index contributed by atoms with van der Waals surface area (Å²) < 4.78 is 0. The molecule has 0 fully saturated rings. The second kappa shape index (κ2) is 15.8. The van der Waals surface area contributed by atoms with Crippen molar-refractivity contribution < 1.29 is 0 Å². The van der Waals surface area contributed by atoms with Crippen molar-refractivity contribution >= 4 is 40.4 Å². The van der Waals surface area contributed by atoms with E-state index in [0.717, 1.165) is 22.5 Å². The monoisotopic (exact) mass is 699 g/mol. The number of benzene rings is 7. The molecular formula is C53H49N. The molecule has 1 heteroatoms. The highest BCUT2D eigenvalue weighted by Gasteiger charge is 2.18. The van der Waals surface area contributed by atoms with Crippen molar-refractivity contribution in [3.63, 3.8) is 0 Å². The predicted octanol–water partition coefficient (Wildman–Crippen LogP) is 14.5. The topological polar surface area (TPSA) is 3.24 Å². The number of anilines is 3. The first-order chi connectivity index (χ1) is 26.1. The molecule has 7 aromatic carbocycles. The van der Waals surface area contributed by atoms with E-state index in [-0.39, 0.29) is 0 Å². The fourth-order valence-electron chi connectivity index (χ4n) is 7.42. The van der Waals surface area contributed by atoms with Gasteiger partial charge >= 0.3 is 0 Å². The fourth-order valence-corrected chi connectivity index (χ4v) is 7.42. The van der Waals surface area contributed by atoms with Crippen molar-refractivity contribution in [2.24, 2.45) is 0 Å². The van der Waals surface area contributed by atoms with Crippen molar-refractivity contribution in [1.82, 2.24) is 0 Å². The van der Waals surface area contributed by atoms with Gasteiger partial charge in [0.1, 0.15) is 0 Å². The Hall–Kier alpha value is -6.18. The molecule has 0 atom stereocenters. The third kappa shape index (κ3) is 7.92. The minimum Gasteiger partial charge on any atom is -0.310 e. The van der Waals surface area contributed by atoms with Crippen LogP contribution in [0.1, 0.15) is 72.3 Å². The Kier molecular flexibility index (Phi) is 10.6. The van der Waals surface area contributed by atoms with Gasteiger partial charge in [-0.05, 0) is 163 Å². The Morgan fingerprint density at radius 1 is 0.352 bits per heavy atom. The van der Waals surface area contributed by atoms with Crippen LogP contribution in [0.5, 0.6) is 0 Å². The first-order valence-electron chi connectivity index (χ1n) is 18.9. The summed E-state index contributed by atoms with van der Waals surface area (Å²) in [7, 11) is 0. The highest BCUT2D eigenvalue weighted by Crippen LogP contribution is 2.40. The Balaban J connectivity index is 1.30. The molecule has 0 heterocycles. The Morgan fingerprint density at radius 2 is 0.741 bits per heavy atom. The van der Waals surface area contributed by atoms with Crippen molar-refractivity contribution in [3.05, 3.63) is 230 Å². The molecule has 0 spiro atoms. The molecule has 54 heavy (non-hydrogen) atoms. The van der Waals surface area contributed by atoms with Crippen molar-refractivity contribution in [2.75, 3.05) is 4.90 Å². The van der Waals surface area contributed by atoms with Crippen LogP contribution in [0.2, 0.25) is 0 Å². The molecule has 0 bridgehead atoms. The summed E-state index contributed by atoms with van der Waals surface area (Å²) in [6, 6.07) is 57.5. The van der Waals surface area contributed by atoms with Crippen LogP contribution in [0.4, 0.5) is 17.1 Å². The van der Waals surface area contributed by atoms with Crippen LogP contribution >= 0.6 is 0 Å². The van der Waals surface area contributed by atoms with E-state index in [1.807, 2.05) is 0 Å². The maximum absolute atomic E-state index is 2.41. The first kappa shape index (κ1) is 36.2. The molecule has 0 aliphatic rings. The summed E-state index contributed by atoms with van der Waals surface area (Å²) in [5, 5.41) is 0. The van der Waals surface area contributed by atoms with Gasteiger partial charge in [-0.3, -0.25) is 0 Å². The van der Waals surface area contributed by atoms with E-state index < -0.39 is 0 Å². The summed E-state index contributed by atoms with van der Waals surface area (Å²) in [6.45, 7) is 15.3. The van der Waals surface area contributed by atoms with Gasteiger partial charge in [0, 0.05) is 11.4 Å². The highest BCUT2D eigenvalue weighted by molar-refractivity contribution is 5.93. The zero-order valence-corrected chi connectivity index (χ0v) is 32.6. The van der Waals surface area contributed by atoms with E-state index in [9.17, 15) is 0 Å². The van der Waals surface area contributed by atoms with E-state index in [4.69, 9.17) is 0 Å². The van der Waals surface area contributed by atoms with Gasteiger partial charge in [-0.1, -0.05) is 139 Å². The first-order valence-corrected chi connectivity index (χ1v) is 18.9. The van der Waals surface area contributed by atoms with E-state index >= 15 is 0 Å². The van der Waals surface area contributed by atoms with Crippen LogP contribution < -0.4 is 4.90 Å². The third-order valence-electron chi connectivity index (χ3n) is 10.6. The maximum atomic E-state index is 2.41. The van der Waals surface area contributed by atoms with Crippen LogP contribution in [0, 0.1) is 48.5 Å². The summed E-state index contributed by atoms with van der Waals surface area (Å²) in [4.78, 5) is 2.41. The van der Waals surface area contributed by atoms with E-state index in [0.29, 0.717) is 0 Å². The molecule has 0 aliphatic heterocycles. The average molecular weight is 700 g/mol. The van der Waals surface area contributed by atoms with Gasteiger partial charge in [-0.15, -0.1) is 0 Å². The van der Waals surface area contributed by atoms with Crippen molar-refractivity contribution in [2.45, 2.75) is 48.5 Å². The molecule has 0 saturated carbocycles. The van der Waals surface area contributed by atoms with E-state index in [1.54, 1.807) is 0 Å². The van der Waals surface area contributed by atoms with Gasteiger partial charge in [-0.25, -0.2) is 0 Å². The minimum absolute atomic E-state index is 1.12. The largest absolute Gasteiger partial charge is 0.310 e. The quantitative estimate of drug-likeness (QED) is 0.136. The standard InChI is InChI=1S/C53H49N/c1-36-30-41(6)53(42(7)31-36)54(49-26-20-43(21-27-49)34-51(45-14-10-8-11-15-45)47-24-18-37(2)39(4)32-47)50-28-22-44(23-29-50)35-52(46-16-12-9-13-17-46)48-25-19-38(3)40(5)33-48/h8-35H,1-7H3/b51-34+,52-35+. The molecule has 0 saturated heterocycles. The van der Waals surface area contributed by atoms with Gasteiger partial charge < -0.3 is 4.90 Å². The molecule has 7 rings (SSSR count). The lowest BCUT2D eigenvalue weighted by Gasteiger charge is -2.29. The number of aryl methyl sites for hydroxylation is 7. The van der Waals surface area contributed by atoms with Crippen molar-refractivity contribution in [1.29, 1.82) is 0 Å². The lowest BCUT2D eigenvalue weighted by molar-refractivity contribution is 1.20. The fraction of sp³-hybridized carbons (Fsp3) is 0.132. The van der Waals surface area contributed by atoms with Gasteiger partial charge in [0.15, 0.2) is 0 Å². The van der Waals surface area contributed by atoms with Crippen LogP contribution in [-0.4, -0.2) is 0 Å². The summed E-state index contributed by atoms with van der Waals surface area (Å²) in [6.07, 6.45) is 4.63. The summed E-state index contributed by atoms with van der Waals surface area (Å²) in [5.74, 6) is 0. The molecule has 0 amide bonds. The van der Waals surface area contributed by atoms with Gasteiger partial charge in [0.2, 0.25) is 0 Å². The Morgan fingerprint density at radius 3 is 1.11 bits per heavy atom. The average Bonchev–Trinajstić information content (AvgIpc) is 3.18. The zero-order chi connectivity index (χ0) is 37.8. The summed E-state index contributed by atoms with van der Waals surface area (Å²) in [5.41, 5.74) is 22.1. The van der Waals surface area contributed by atoms with Crippen LogP contribution in [0.15, 0.2) is 158 Å². The molecule has 0 N–H and O–H groups in total. The number of hydrogen-bond acceptors (Lipinski definition) is 1. The lowest BCUT2D eigenvalue weighted by atomic mass is 9.93. The molecule has 1 nitrogen and oxygen atoms in total. The number of rotatable bonds is 9. The lowest BCUT2D eigenvalue weighted by Crippen LogP contribution is -2.13. The molecular weight excluding hydrogens is 651 g/mol. The van der Waals surface area contributed by atoms with Gasteiger partial charge in [0.05, 0.1) is 5.69 Å².